The maximum atomic E-state index is 6.10. The van der Waals surface area contributed by atoms with E-state index in [2.05, 4.69) is 14.9 Å². The Balaban J connectivity index is 1.90. The maximum Gasteiger partial charge on any atom is 0.225 e. The Morgan fingerprint density at radius 1 is 1.18 bits per heavy atom. The van der Waals surface area contributed by atoms with Gasteiger partial charge in [-0.2, -0.15) is 0 Å². The first-order chi connectivity index (χ1) is 8.33. The standard InChI is InChI=1S/C13H14ClN3/c14-11-5-7-17(8-6-11)13-15-9-10-3-1-2-4-12(10)16-13/h1-4,9,11H,5-8H2. The van der Waals surface area contributed by atoms with Crippen LogP contribution in [0.15, 0.2) is 30.5 Å². The second kappa shape index (κ2) is 4.49. The summed E-state index contributed by atoms with van der Waals surface area (Å²) in [4.78, 5) is 11.2. The van der Waals surface area contributed by atoms with Crippen molar-refractivity contribution in [2.24, 2.45) is 0 Å². The molecule has 0 amide bonds. The molecule has 88 valence electrons. The molecular formula is C13H14ClN3. The number of fused-ring (bicyclic) bond motifs is 1. The van der Waals surface area contributed by atoms with Crippen LogP contribution in [0, 0.1) is 0 Å². The molecule has 2 heterocycles. The van der Waals surface area contributed by atoms with Crippen molar-refractivity contribution in [2.75, 3.05) is 18.0 Å². The molecule has 0 spiro atoms. The predicted molar refractivity (Wildman–Crippen MR) is 70.6 cm³/mol. The lowest BCUT2D eigenvalue weighted by molar-refractivity contribution is 0.576. The van der Waals surface area contributed by atoms with Gasteiger partial charge < -0.3 is 4.90 Å². The van der Waals surface area contributed by atoms with Crippen molar-refractivity contribution < 1.29 is 0 Å². The van der Waals surface area contributed by atoms with Crippen LogP contribution >= 0.6 is 11.6 Å². The van der Waals surface area contributed by atoms with Gasteiger partial charge in [0, 0.05) is 30.0 Å². The third-order valence-electron chi connectivity index (χ3n) is 3.18. The minimum atomic E-state index is 0.312. The van der Waals surface area contributed by atoms with Crippen molar-refractivity contribution in [1.82, 2.24) is 9.97 Å². The lowest BCUT2D eigenvalue weighted by Gasteiger charge is -2.29. The number of nitrogens with zero attached hydrogens (tertiary/aromatic N) is 3. The van der Waals surface area contributed by atoms with Gasteiger partial charge in [0.05, 0.1) is 5.52 Å². The first kappa shape index (κ1) is 10.8. The number of benzene rings is 1. The summed E-state index contributed by atoms with van der Waals surface area (Å²) < 4.78 is 0. The minimum absolute atomic E-state index is 0.312. The molecule has 0 atom stereocenters. The monoisotopic (exact) mass is 247 g/mol. The van der Waals surface area contributed by atoms with E-state index in [4.69, 9.17) is 11.6 Å². The molecule has 1 aromatic carbocycles. The molecule has 0 N–H and O–H groups in total. The summed E-state index contributed by atoms with van der Waals surface area (Å²) in [6, 6.07) is 8.06. The molecule has 0 radical (unpaired) electrons. The van der Waals surface area contributed by atoms with Gasteiger partial charge in [0.1, 0.15) is 0 Å². The zero-order valence-corrected chi connectivity index (χ0v) is 10.3. The molecule has 3 rings (SSSR count). The number of piperidine rings is 1. The Morgan fingerprint density at radius 2 is 1.94 bits per heavy atom. The first-order valence-electron chi connectivity index (χ1n) is 5.94. The summed E-state index contributed by atoms with van der Waals surface area (Å²) >= 11 is 6.10. The fraction of sp³-hybridized carbons (Fsp3) is 0.385. The number of halogens is 1. The highest BCUT2D eigenvalue weighted by Gasteiger charge is 2.19. The molecule has 0 unspecified atom stereocenters. The third kappa shape index (κ3) is 2.20. The molecule has 1 aromatic heterocycles. The van der Waals surface area contributed by atoms with Crippen molar-refractivity contribution in [2.45, 2.75) is 18.2 Å². The zero-order valence-electron chi connectivity index (χ0n) is 9.51. The highest BCUT2D eigenvalue weighted by atomic mass is 35.5. The Labute approximate surface area is 105 Å². The van der Waals surface area contributed by atoms with Crippen LogP contribution < -0.4 is 4.90 Å². The summed E-state index contributed by atoms with van der Waals surface area (Å²) in [5.74, 6) is 0.826. The number of hydrogen-bond acceptors (Lipinski definition) is 3. The summed E-state index contributed by atoms with van der Waals surface area (Å²) in [7, 11) is 0. The minimum Gasteiger partial charge on any atom is -0.341 e. The fourth-order valence-electron chi connectivity index (χ4n) is 2.16. The van der Waals surface area contributed by atoms with Gasteiger partial charge in [-0.05, 0) is 18.9 Å². The Hall–Kier alpha value is -1.35. The Kier molecular flexibility index (Phi) is 2.85. The zero-order chi connectivity index (χ0) is 11.7. The van der Waals surface area contributed by atoms with Crippen LogP contribution in [-0.4, -0.2) is 28.4 Å². The lowest BCUT2D eigenvalue weighted by atomic mass is 10.1. The lowest BCUT2D eigenvalue weighted by Crippen LogP contribution is -2.35. The third-order valence-corrected chi connectivity index (χ3v) is 3.62. The van der Waals surface area contributed by atoms with Gasteiger partial charge in [-0.15, -0.1) is 11.6 Å². The van der Waals surface area contributed by atoms with Crippen LogP contribution in [0.5, 0.6) is 0 Å². The largest absolute Gasteiger partial charge is 0.341 e. The Bertz CT molecular complexity index is 521. The number of aromatic nitrogens is 2. The van der Waals surface area contributed by atoms with E-state index in [1.54, 1.807) is 0 Å². The molecular weight excluding hydrogens is 234 g/mol. The van der Waals surface area contributed by atoms with Crippen LogP contribution in [0.1, 0.15) is 12.8 Å². The molecule has 1 saturated heterocycles. The molecule has 1 aliphatic heterocycles. The first-order valence-corrected chi connectivity index (χ1v) is 6.37. The average Bonchev–Trinajstić information content (AvgIpc) is 2.39. The smallest absolute Gasteiger partial charge is 0.225 e. The molecule has 4 heteroatoms. The average molecular weight is 248 g/mol. The van der Waals surface area contributed by atoms with Gasteiger partial charge >= 0.3 is 0 Å². The predicted octanol–water partition coefficient (Wildman–Crippen LogP) is 2.84. The summed E-state index contributed by atoms with van der Waals surface area (Å²) in [6.07, 6.45) is 3.92. The SMILES string of the molecule is ClC1CCN(c2ncc3ccccc3n2)CC1. The van der Waals surface area contributed by atoms with Gasteiger partial charge in [0.15, 0.2) is 0 Å². The van der Waals surface area contributed by atoms with Gasteiger partial charge in [-0.1, -0.05) is 18.2 Å². The van der Waals surface area contributed by atoms with Crippen molar-refractivity contribution >= 4 is 28.5 Å². The molecule has 1 aliphatic rings. The number of hydrogen-bond donors (Lipinski definition) is 0. The highest BCUT2D eigenvalue weighted by Crippen LogP contribution is 2.21. The highest BCUT2D eigenvalue weighted by molar-refractivity contribution is 6.20. The van der Waals surface area contributed by atoms with E-state index in [1.165, 1.54) is 0 Å². The number of anilines is 1. The van der Waals surface area contributed by atoms with Gasteiger partial charge in [0.2, 0.25) is 5.95 Å². The van der Waals surface area contributed by atoms with E-state index in [0.29, 0.717) is 5.38 Å². The van der Waals surface area contributed by atoms with Crippen molar-refractivity contribution in [3.8, 4) is 0 Å². The fourth-order valence-corrected chi connectivity index (χ4v) is 2.36. The van der Waals surface area contributed by atoms with E-state index in [0.717, 1.165) is 42.8 Å². The van der Waals surface area contributed by atoms with Crippen LogP contribution in [0.4, 0.5) is 5.95 Å². The van der Waals surface area contributed by atoms with Crippen molar-refractivity contribution in [3.63, 3.8) is 0 Å². The normalized spacial score (nSPS) is 17.6. The summed E-state index contributed by atoms with van der Waals surface area (Å²) in [5.41, 5.74) is 1.01. The van der Waals surface area contributed by atoms with Crippen molar-refractivity contribution in [3.05, 3.63) is 30.5 Å². The molecule has 0 bridgehead atoms. The second-order valence-electron chi connectivity index (χ2n) is 4.39. The molecule has 1 fully saturated rings. The molecule has 0 aliphatic carbocycles. The molecule has 0 saturated carbocycles. The number of rotatable bonds is 1. The van der Waals surface area contributed by atoms with Crippen LogP contribution in [0.2, 0.25) is 0 Å². The second-order valence-corrected chi connectivity index (χ2v) is 5.01. The van der Waals surface area contributed by atoms with E-state index in [-0.39, 0.29) is 0 Å². The quantitative estimate of drug-likeness (QED) is 0.726. The van der Waals surface area contributed by atoms with Crippen LogP contribution in [-0.2, 0) is 0 Å². The molecule has 2 aromatic rings. The number of alkyl halides is 1. The summed E-state index contributed by atoms with van der Waals surface area (Å²) in [5, 5.41) is 1.40. The maximum absolute atomic E-state index is 6.10. The molecule has 3 nitrogen and oxygen atoms in total. The van der Waals surface area contributed by atoms with Gasteiger partial charge in [-0.25, -0.2) is 9.97 Å². The van der Waals surface area contributed by atoms with Gasteiger partial charge in [-0.3, -0.25) is 0 Å². The van der Waals surface area contributed by atoms with E-state index < -0.39 is 0 Å². The van der Waals surface area contributed by atoms with E-state index >= 15 is 0 Å². The Morgan fingerprint density at radius 3 is 2.76 bits per heavy atom. The topological polar surface area (TPSA) is 29.0 Å². The van der Waals surface area contributed by atoms with Crippen molar-refractivity contribution in [1.29, 1.82) is 0 Å². The van der Waals surface area contributed by atoms with Gasteiger partial charge in [0.25, 0.3) is 0 Å². The van der Waals surface area contributed by atoms with E-state index in [1.807, 2.05) is 30.5 Å². The molecule has 17 heavy (non-hydrogen) atoms. The summed E-state index contributed by atoms with van der Waals surface area (Å²) in [6.45, 7) is 1.90. The number of para-hydroxylation sites is 1. The van der Waals surface area contributed by atoms with E-state index in [9.17, 15) is 0 Å². The van der Waals surface area contributed by atoms with Crippen LogP contribution in [0.3, 0.4) is 0 Å². The van der Waals surface area contributed by atoms with Crippen LogP contribution in [0.25, 0.3) is 10.9 Å².